The van der Waals surface area contributed by atoms with E-state index >= 15 is 0 Å². The Morgan fingerprint density at radius 2 is 1.68 bits per heavy atom. The number of carbonyl (C=O) groups is 2. The van der Waals surface area contributed by atoms with Gasteiger partial charge in [-0.1, -0.05) is 79.5 Å². The minimum Gasteiger partial charge on any atom is -0.681 e. The Labute approximate surface area is 253 Å². The number of carboxylic acids is 1. The first-order valence-electron chi connectivity index (χ1n) is 13.5. The molecule has 8 bridgehead atoms. The van der Waals surface area contributed by atoms with Crippen molar-refractivity contribution >= 4 is 70.9 Å². The summed E-state index contributed by atoms with van der Waals surface area (Å²) in [5.74, 6) is -2.92. The number of aromatic nitrogens is 3. The van der Waals surface area contributed by atoms with Crippen molar-refractivity contribution in [2.24, 2.45) is 17.8 Å². The zero-order valence-corrected chi connectivity index (χ0v) is 25.2. The SMILES string of the molecule is C=Cc1c2[n-]c(c1C)/C=C1\[N-]C(C3=c4[n-]/c(c(C)c4C(=O)[C@@H]3C(=O)O)=C\c3[n-]c(/c(=C\O)c3C)=C\2)[C@@H](CC)[C@@H]1C.[Mg+2]. The van der Waals surface area contributed by atoms with Crippen LogP contribution in [0.15, 0.2) is 12.3 Å². The second-order valence-electron chi connectivity index (χ2n) is 10.9. The monoisotopic (exact) mass is 558 g/mol. The van der Waals surface area contributed by atoms with E-state index in [0.29, 0.717) is 49.4 Å². The van der Waals surface area contributed by atoms with Gasteiger partial charge < -0.3 is 30.5 Å². The Bertz CT molecular complexity index is 1920. The van der Waals surface area contributed by atoms with E-state index in [9.17, 15) is 19.8 Å². The van der Waals surface area contributed by atoms with Crippen molar-refractivity contribution in [3.05, 3.63) is 83.8 Å². The maximum absolute atomic E-state index is 13.6. The Hall–Kier alpha value is -3.69. The van der Waals surface area contributed by atoms with E-state index in [2.05, 4.69) is 20.4 Å². The number of hydrogen-bond donors (Lipinski definition) is 2. The number of ketones is 1. The molecule has 0 amide bonds. The molecule has 8 nitrogen and oxygen atoms in total. The van der Waals surface area contributed by atoms with Crippen LogP contribution in [0.2, 0.25) is 0 Å². The number of rotatable bonds is 3. The number of fused-ring (bicyclic) bond motifs is 8. The molecule has 1 fully saturated rings. The van der Waals surface area contributed by atoms with Crippen LogP contribution in [0.4, 0.5) is 0 Å². The molecule has 1 saturated heterocycles. The zero-order chi connectivity index (χ0) is 28.6. The molecule has 206 valence electrons. The van der Waals surface area contributed by atoms with Gasteiger partial charge in [0.1, 0.15) is 5.92 Å². The van der Waals surface area contributed by atoms with Gasteiger partial charge in [-0.2, -0.15) is 5.70 Å². The molecular weight excluding hydrogens is 529 g/mol. The van der Waals surface area contributed by atoms with Crippen molar-refractivity contribution in [1.29, 1.82) is 0 Å². The van der Waals surface area contributed by atoms with E-state index < -0.39 is 23.7 Å². The van der Waals surface area contributed by atoms with Gasteiger partial charge in [-0.05, 0) is 43.4 Å². The van der Waals surface area contributed by atoms with Gasteiger partial charge in [-0.3, -0.25) is 9.59 Å². The number of Topliss-reactive ketones (excluding diaryl/α,β-unsaturated/α-hetero) is 1. The third-order valence-electron chi connectivity index (χ3n) is 8.94. The van der Waals surface area contributed by atoms with E-state index in [-0.39, 0.29) is 34.9 Å². The van der Waals surface area contributed by atoms with E-state index in [1.165, 1.54) is 0 Å². The van der Waals surface area contributed by atoms with Crippen LogP contribution in [0.3, 0.4) is 0 Å². The molecule has 2 N–H and O–H groups in total. The van der Waals surface area contributed by atoms with Gasteiger partial charge >= 0.3 is 29.0 Å². The molecule has 0 spiro atoms. The van der Waals surface area contributed by atoms with E-state index in [4.69, 9.17) is 20.3 Å². The summed E-state index contributed by atoms with van der Waals surface area (Å²) in [7, 11) is 0. The number of carbonyl (C=O) groups excluding carboxylic acids is 1. The number of aliphatic hydroxyl groups is 1. The average Bonchev–Trinajstić information content (AvgIpc) is 3.65. The molecule has 9 heteroatoms. The standard InChI is InChI=1S/C32H30N4O4.Mg/c1-7-17-13(3)20-9-22-14(4)18(8-2)29(35-22)27-28(32(39)40)31(38)26-16(6)23(36-30(26)27)10-21-15(5)19(12-37)25(34-21)11-24(17)33-20;/h7,9-12,14,18,28-29H,1,8H2,2-6H3,(H,37,38)(H,39,40);/q-4;+2/b22-9-,25-11-;/t14-,18-,28+,29?;/m0./s1. The molecule has 3 aliphatic rings. The number of aliphatic carboxylic acids is 1. The molecule has 4 atom stereocenters. The molecule has 41 heavy (non-hydrogen) atoms. The van der Waals surface area contributed by atoms with Gasteiger partial charge in [0.05, 0.1) is 6.26 Å². The van der Waals surface area contributed by atoms with Gasteiger partial charge in [0.15, 0.2) is 5.78 Å². The molecule has 2 aliphatic heterocycles. The topological polar surface area (TPSA) is 131 Å². The molecule has 0 radical (unpaired) electrons. The predicted molar refractivity (Wildman–Crippen MR) is 159 cm³/mol. The summed E-state index contributed by atoms with van der Waals surface area (Å²) in [6.45, 7) is 13.8. The fourth-order valence-electron chi connectivity index (χ4n) is 6.64. The van der Waals surface area contributed by atoms with Crippen LogP contribution in [-0.4, -0.2) is 51.1 Å². The van der Waals surface area contributed by atoms with E-state index in [0.717, 1.165) is 40.8 Å². The molecule has 0 aromatic carbocycles. The van der Waals surface area contributed by atoms with Crippen LogP contribution >= 0.6 is 0 Å². The van der Waals surface area contributed by atoms with Crippen molar-refractivity contribution in [3.8, 4) is 0 Å². The van der Waals surface area contributed by atoms with Crippen LogP contribution in [0.5, 0.6) is 0 Å². The molecule has 3 aromatic heterocycles. The molecule has 6 rings (SSSR count). The van der Waals surface area contributed by atoms with Crippen molar-refractivity contribution in [3.63, 3.8) is 0 Å². The Kier molecular flexibility index (Phi) is 7.24. The molecule has 1 aliphatic carbocycles. The van der Waals surface area contributed by atoms with Crippen LogP contribution in [0.25, 0.3) is 41.5 Å². The molecule has 0 saturated carbocycles. The average molecular weight is 559 g/mol. The number of carboxylic acid groups (broad SMARTS) is 1. The molecular formula is C32H30MgN4O4-2. The summed E-state index contributed by atoms with van der Waals surface area (Å²) in [4.78, 5) is 40.7. The van der Waals surface area contributed by atoms with Crippen LogP contribution < -0.4 is 36.2 Å². The quantitative estimate of drug-likeness (QED) is 0.368. The predicted octanol–water partition coefficient (Wildman–Crippen LogP) is 1.52. The van der Waals surface area contributed by atoms with E-state index in [1.807, 2.05) is 26.0 Å². The van der Waals surface area contributed by atoms with Crippen molar-refractivity contribution in [1.82, 2.24) is 15.0 Å². The second-order valence-corrected chi connectivity index (χ2v) is 10.9. The van der Waals surface area contributed by atoms with E-state index in [1.54, 1.807) is 19.1 Å². The first-order chi connectivity index (χ1) is 19.1. The Morgan fingerprint density at radius 3 is 2.32 bits per heavy atom. The summed E-state index contributed by atoms with van der Waals surface area (Å²) >= 11 is 0. The minimum absolute atomic E-state index is 0. The Balaban J connectivity index is 0.00000337. The van der Waals surface area contributed by atoms with Crippen LogP contribution in [0, 0.1) is 38.5 Å². The van der Waals surface area contributed by atoms with Crippen molar-refractivity contribution < 1.29 is 19.8 Å². The van der Waals surface area contributed by atoms with Crippen molar-refractivity contribution in [2.75, 3.05) is 0 Å². The number of nitrogens with zero attached hydrogens (tertiary/aromatic N) is 4. The largest absolute Gasteiger partial charge is 2.00 e. The third-order valence-corrected chi connectivity index (χ3v) is 8.94. The third kappa shape index (κ3) is 4.08. The fraction of sp³-hybridized carbons (Fsp3) is 0.312. The Morgan fingerprint density at radius 1 is 1.00 bits per heavy atom. The maximum Gasteiger partial charge on any atom is 2.00 e. The summed E-state index contributed by atoms with van der Waals surface area (Å²) in [6.07, 6.45) is 9.16. The summed E-state index contributed by atoms with van der Waals surface area (Å²) in [5, 5.41) is 27.5. The number of hydrogen-bond acceptors (Lipinski definition) is 3. The van der Waals surface area contributed by atoms with Crippen LogP contribution in [0.1, 0.15) is 70.0 Å². The molecule has 1 unspecified atom stereocenters. The number of aliphatic hydroxyl groups excluding tert-OH is 1. The summed E-state index contributed by atoms with van der Waals surface area (Å²) in [5.41, 5.74) is 6.83. The zero-order valence-electron chi connectivity index (χ0n) is 23.8. The smallest absolute Gasteiger partial charge is 0.681 e. The van der Waals surface area contributed by atoms with Gasteiger partial charge in [0.2, 0.25) is 0 Å². The number of allylic oxidation sites excluding steroid dienone is 1. The van der Waals surface area contributed by atoms with Crippen molar-refractivity contribution in [2.45, 2.75) is 47.1 Å². The van der Waals surface area contributed by atoms with Gasteiger partial charge in [0, 0.05) is 5.56 Å². The normalized spacial score (nSPS) is 25.9. The molecule has 5 heterocycles. The first-order valence-corrected chi connectivity index (χ1v) is 13.5. The second kappa shape index (κ2) is 10.3. The van der Waals surface area contributed by atoms with Gasteiger partial charge in [-0.15, -0.1) is 33.1 Å². The van der Waals surface area contributed by atoms with Gasteiger partial charge in [0.25, 0.3) is 0 Å². The first kappa shape index (κ1) is 28.8. The molecule has 3 aromatic rings. The summed E-state index contributed by atoms with van der Waals surface area (Å²) < 4.78 is 0. The minimum atomic E-state index is -1.31. The van der Waals surface area contributed by atoms with Crippen LogP contribution in [-0.2, 0) is 4.79 Å². The van der Waals surface area contributed by atoms with Gasteiger partial charge in [-0.25, -0.2) is 0 Å². The maximum atomic E-state index is 13.6. The summed E-state index contributed by atoms with van der Waals surface area (Å²) in [6, 6.07) is -0.492. The fourth-order valence-corrected chi connectivity index (χ4v) is 6.64.